The largest absolute Gasteiger partial charge is 0.294 e. The molecule has 0 unspecified atom stereocenters. The third-order valence-corrected chi connectivity index (χ3v) is 3.62. The van der Waals surface area contributed by atoms with Crippen molar-refractivity contribution in [3.8, 4) is 0 Å². The molecule has 3 aromatic rings. The quantitative estimate of drug-likeness (QED) is 0.662. The molecule has 0 saturated carbocycles. The standard InChI is InChI=1S/C19H17NO/c1-14-11-17-12-16(8-9-18(17)20-13-14)19(21)10-7-15-5-3-2-4-6-15/h2-6,8-9,11-13H,7,10H2,1H3. The molecule has 0 bridgehead atoms. The van der Waals surface area contributed by atoms with E-state index in [2.05, 4.69) is 23.2 Å². The lowest BCUT2D eigenvalue weighted by Gasteiger charge is -2.04. The van der Waals surface area contributed by atoms with Crippen LogP contribution in [0.4, 0.5) is 0 Å². The number of ketones is 1. The van der Waals surface area contributed by atoms with Crippen molar-refractivity contribution < 1.29 is 4.79 Å². The fourth-order valence-electron chi connectivity index (χ4n) is 2.46. The summed E-state index contributed by atoms with van der Waals surface area (Å²) in [5.41, 5.74) is 4.01. The van der Waals surface area contributed by atoms with Crippen molar-refractivity contribution in [3.05, 3.63) is 77.5 Å². The molecule has 104 valence electrons. The second-order valence-corrected chi connectivity index (χ2v) is 5.33. The van der Waals surface area contributed by atoms with Gasteiger partial charge in [-0.2, -0.15) is 0 Å². The van der Waals surface area contributed by atoms with E-state index in [1.807, 2.05) is 49.5 Å². The molecule has 3 rings (SSSR count). The Hall–Kier alpha value is -2.48. The molecule has 2 aromatic carbocycles. The van der Waals surface area contributed by atoms with Crippen LogP contribution in [-0.4, -0.2) is 10.8 Å². The van der Waals surface area contributed by atoms with Gasteiger partial charge in [0.25, 0.3) is 0 Å². The molecule has 0 saturated heterocycles. The Balaban J connectivity index is 1.78. The number of aryl methyl sites for hydroxylation is 2. The number of rotatable bonds is 4. The molecule has 0 aliphatic heterocycles. The van der Waals surface area contributed by atoms with Crippen LogP contribution in [0.15, 0.2) is 60.8 Å². The average Bonchev–Trinajstić information content (AvgIpc) is 2.53. The summed E-state index contributed by atoms with van der Waals surface area (Å²) in [7, 11) is 0. The number of carbonyl (C=O) groups excluding carboxylic acids is 1. The summed E-state index contributed by atoms with van der Waals surface area (Å²) in [6.07, 6.45) is 3.16. The number of carbonyl (C=O) groups is 1. The van der Waals surface area contributed by atoms with Crippen LogP contribution < -0.4 is 0 Å². The van der Waals surface area contributed by atoms with E-state index in [0.29, 0.717) is 6.42 Å². The first kappa shape index (κ1) is 13.5. The lowest BCUT2D eigenvalue weighted by molar-refractivity contribution is 0.0983. The zero-order valence-corrected chi connectivity index (χ0v) is 12.0. The molecule has 0 spiro atoms. The molecule has 1 heterocycles. The molecule has 0 fully saturated rings. The van der Waals surface area contributed by atoms with Gasteiger partial charge >= 0.3 is 0 Å². The number of fused-ring (bicyclic) bond motifs is 1. The maximum atomic E-state index is 12.3. The number of Topliss-reactive ketones (excluding diaryl/α,β-unsaturated/α-hetero) is 1. The molecule has 2 heteroatoms. The number of nitrogens with zero attached hydrogens (tertiary/aromatic N) is 1. The monoisotopic (exact) mass is 275 g/mol. The van der Waals surface area contributed by atoms with Gasteiger partial charge in [-0.3, -0.25) is 9.78 Å². The van der Waals surface area contributed by atoms with Crippen LogP contribution in [0.25, 0.3) is 10.9 Å². The molecule has 0 radical (unpaired) electrons. The first-order chi connectivity index (χ1) is 10.2. The minimum Gasteiger partial charge on any atom is -0.294 e. The number of hydrogen-bond donors (Lipinski definition) is 0. The number of aromatic nitrogens is 1. The van der Waals surface area contributed by atoms with E-state index in [1.54, 1.807) is 0 Å². The highest BCUT2D eigenvalue weighted by molar-refractivity contribution is 5.99. The molecular weight excluding hydrogens is 258 g/mol. The molecule has 0 atom stereocenters. The van der Waals surface area contributed by atoms with Crippen molar-refractivity contribution >= 4 is 16.7 Å². The maximum Gasteiger partial charge on any atom is 0.163 e. The zero-order valence-electron chi connectivity index (χ0n) is 12.0. The maximum absolute atomic E-state index is 12.3. The molecule has 1 aromatic heterocycles. The summed E-state index contributed by atoms with van der Waals surface area (Å²) in [6.45, 7) is 2.01. The van der Waals surface area contributed by atoms with Crippen LogP contribution in [0.3, 0.4) is 0 Å². The topological polar surface area (TPSA) is 30.0 Å². The van der Waals surface area contributed by atoms with E-state index < -0.39 is 0 Å². The summed E-state index contributed by atoms with van der Waals surface area (Å²) < 4.78 is 0. The lowest BCUT2D eigenvalue weighted by atomic mass is 10.0. The van der Waals surface area contributed by atoms with Crippen LogP contribution in [0.5, 0.6) is 0 Å². The lowest BCUT2D eigenvalue weighted by Crippen LogP contribution is -2.01. The van der Waals surface area contributed by atoms with Gasteiger partial charge in [0.05, 0.1) is 5.52 Å². The molecular formula is C19H17NO. The van der Waals surface area contributed by atoms with E-state index >= 15 is 0 Å². The smallest absolute Gasteiger partial charge is 0.163 e. The van der Waals surface area contributed by atoms with Gasteiger partial charge in [0.15, 0.2) is 5.78 Å². The summed E-state index contributed by atoms with van der Waals surface area (Å²) in [5, 5.41) is 1.03. The van der Waals surface area contributed by atoms with Crippen molar-refractivity contribution in [2.75, 3.05) is 0 Å². The number of pyridine rings is 1. The summed E-state index contributed by atoms with van der Waals surface area (Å²) in [5.74, 6) is 0.183. The minimum absolute atomic E-state index is 0.183. The predicted octanol–water partition coefficient (Wildman–Crippen LogP) is 4.36. The highest BCUT2D eigenvalue weighted by Crippen LogP contribution is 2.17. The number of benzene rings is 2. The summed E-state index contributed by atoms with van der Waals surface area (Å²) in [6, 6.07) is 17.9. The van der Waals surface area contributed by atoms with E-state index in [9.17, 15) is 4.79 Å². The Bertz CT molecular complexity index is 778. The average molecular weight is 275 g/mol. The van der Waals surface area contributed by atoms with E-state index in [0.717, 1.165) is 28.5 Å². The van der Waals surface area contributed by atoms with E-state index in [1.165, 1.54) is 5.56 Å². The van der Waals surface area contributed by atoms with Crippen molar-refractivity contribution in [3.63, 3.8) is 0 Å². The SMILES string of the molecule is Cc1cnc2ccc(C(=O)CCc3ccccc3)cc2c1. The van der Waals surface area contributed by atoms with Gasteiger partial charge in [-0.25, -0.2) is 0 Å². The zero-order chi connectivity index (χ0) is 14.7. The fraction of sp³-hybridized carbons (Fsp3) is 0.158. The van der Waals surface area contributed by atoms with E-state index in [-0.39, 0.29) is 5.78 Å². The minimum atomic E-state index is 0.183. The predicted molar refractivity (Wildman–Crippen MR) is 85.6 cm³/mol. The summed E-state index contributed by atoms with van der Waals surface area (Å²) in [4.78, 5) is 16.7. The van der Waals surface area contributed by atoms with Crippen LogP contribution in [0.2, 0.25) is 0 Å². The van der Waals surface area contributed by atoms with Crippen LogP contribution in [-0.2, 0) is 6.42 Å². The first-order valence-electron chi connectivity index (χ1n) is 7.16. The fourth-order valence-corrected chi connectivity index (χ4v) is 2.46. The van der Waals surface area contributed by atoms with Gasteiger partial charge in [-0.05, 0) is 48.7 Å². The Kier molecular flexibility index (Phi) is 3.78. The second-order valence-electron chi connectivity index (χ2n) is 5.33. The molecule has 0 amide bonds. The second kappa shape index (κ2) is 5.88. The van der Waals surface area contributed by atoms with Crippen molar-refractivity contribution in [2.24, 2.45) is 0 Å². The van der Waals surface area contributed by atoms with Gasteiger partial charge < -0.3 is 0 Å². The molecule has 0 N–H and O–H groups in total. The van der Waals surface area contributed by atoms with Gasteiger partial charge in [-0.1, -0.05) is 30.3 Å². The summed E-state index contributed by atoms with van der Waals surface area (Å²) >= 11 is 0. The van der Waals surface area contributed by atoms with E-state index in [4.69, 9.17) is 0 Å². The van der Waals surface area contributed by atoms with Crippen LogP contribution >= 0.6 is 0 Å². The van der Waals surface area contributed by atoms with Gasteiger partial charge in [0.2, 0.25) is 0 Å². The normalized spacial score (nSPS) is 10.7. The first-order valence-corrected chi connectivity index (χ1v) is 7.16. The third-order valence-electron chi connectivity index (χ3n) is 3.62. The Labute approximate surface area is 124 Å². The molecule has 21 heavy (non-hydrogen) atoms. The molecule has 0 aliphatic rings. The highest BCUT2D eigenvalue weighted by Gasteiger charge is 2.07. The Morgan fingerprint density at radius 2 is 1.86 bits per heavy atom. The van der Waals surface area contributed by atoms with Crippen molar-refractivity contribution in [1.29, 1.82) is 0 Å². The Morgan fingerprint density at radius 1 is 1.05 bits per heavy atom. The van der Waals surface area contributed by atoms with Gasteiger partial charge in [0.1, 0.15) is 0 Å². The number of hydrogen-bond acceptors (Lipinski definition) is 2. The molecule has 0 aliphatic carbocycles. The highest BCUT2D eigenvalue weighted by atomic mass is 16.1. The molecule has 2 nitrogen and oxygen atoms in total. The van der Waals surface area contributed by atoms with Gasteiger partial charge in [-0.15, -0.1) is 0 Å². The third kappa shape index (κ3) is 3.16. The van der Waals surface area contributed by atoms with Crippen molar-refractivity contribution in [2.45, 2.75) is 19.8 Å². The Morgan fingerprint density at radius 3 is 2.67 bits per heavy atom. The van der Waals surface area contributed by atoms with Crippen LogP contribution in [0.1, 0.15) is 27.9 Å². The van der Waals surface area contributed by atoms with Crippen LogP contribution in [0, 0.1) is 6.92 Å². The van der Waals surface area contributed by atoms with Gasteiger partial charge in [0, 0.05) is 23.6 Å². The van der Waals surface area contributed by atoms with Crippen molar-refractivity contribution in [1.82, 2.24) is 4.98 Å².